The van der Waals surface area contributed by atoms with Gasteiger partial charge >= 0.3 is 0 Å². The lowest BCUT2D eigenvalue weighted by molar-refractivity contribution is 0.477. The second-order valence-electron chi connectivity index (χ2n) is 6.30. The fraction of sp³-hybridized carbons (Fsp3) is 0.0455. The van der Waals surface area contributed by atoms with Gasteiger partial charge in [0.1, 0.15) is 11.4 Å². The molecule has 2 N–H and O–H groups in total. The maximum atomic E-state index is 12.7. The Kier molecular flexibility index (Phi) is 4.60. The van der Waals surface area contributed by atoms with Crippen molar-refractivity contribution in [3.8, 4) is 22.7 Å². The number of phenols is 1. The molecule has 28 heavy (non-hydrogen) atoms. The lowest BCUT2D eigenvalue weighted by atomic mass is 10.1. The number of aromatic nitrogens is 3. The number of nitrogens with one attached hydrogen (secondary N) is 1. The SMILES string of the molecule is Cc1[nH]n(-c2ccccc2)c(=O)c1C=Nc1ccc(-c2ccccn2)cc1O. The van der Waals surface area contributed by atoms with E-state index in [1.54, 1.807) is 18.3 Å². The predicted molar refractivity (Wildman–Crippen MR) is 110 cm³/mol. The first-order chi connectivity index (χ1) is 13.6. The Morgan fingerprint density at radius 3 is 2.57 bits per heavy atom. The largest absolute Gasteiger partial charge is 0.506 e. The number of hydrogen-bond donors (Lipinski definition) is 2. The summed E-state index contributed by atoms with van der Waals surface area (Å²) in [7, 11) is 0. The standard InChI is InChI=1S/C22H18N4O2/c1-15-18(22(28)26(25-15)17-7-3-2-4-8-17)14-24-20-11-10-16(13-21(20)27)19-9-5-6-12-23-19/h2-14,25,27H,1H3. The highest BCUT2D eigenvalue weighted by Gasteiger charge is 2.11. The summed E-state index contributed by atoms with van der Waals surface area (Å²) in [5.41, 5.74) is 3.63. The zero-order chi connectivity index (χ0) is 19.5. The molecule has 0 aliphatic heterocycles. The highest BCUT2D eigenvalue weighted by Crippen LogP contribution is 2.31. The van der Waals surface area contributed by atoms with Crippen LogP contribution in [0, 0.1) is 6.92 Å². The molecule has 0 fully saturated rings. The summed E-state index contributed by atoms with van der Waals surface area (Å²) < 4.78 is 1.47. The number of phenolic OH excluding ortho intramolecular Hbond substituents is 1. The molecule has 0 saturated heterocycles. The fourth-order valence-electron chi connectivity index (χ4n) is 2.93. The van der Waals surface area contributed by atoms with Crippen LogP contribution in [0.1, 0.15) is 11.3 Å². The van der Waals surface area contributed by atoms with Crippen molar-refractivity contribution in [3.05, 3.63) is 94.5 Å². The van der Waals surface area contributed by atoms with E-state index in [-0.39, 0.29) is 11.3 Å². The van der Waals surface area contributed by atoms with Crippen LogP contribution in [-0.2, 0) is 0 Å². The minimum absolute atomic E-state index is 0.0241. The molecular formula is C22H18N4O2. The van der Waals surface area contributed by atoms with Gasteiger partial charge in [0, 0.05) is 23.7 Å². The van der Waals surface area contributed by atoms with Crippen LogP contribution in [-0.4, -0.2) is 26.1 Å². The van der Waals surface area contributed by atoms with Crippen LogP contribution < -0.4 is 5.56 Å². The van der Waals surface area contributed by atoms with Crippen molar-refractivity contribution in [3.63, 3.8) is 0 Å². The molecule has 0 unspecified atom stereocenters. The van der Waals surface area contributed by atoms with E-state index < -0.39 is 0 Å². The van der Waals surface area contributed by atoms with Crippen molar-refractivity contribution in [1.82, 2.24) is 14.8 Å². The molecule has 2 aromatic carbocycles. The van der Waals surface area contributed by atoms with E-state index in [0.29, 0.717) is 16.9 Å². The lowest BCUT2D eigenvalue weighted by Crippen LogP contribution is -2.17. The molecular weight excluding hydrogens is 352 g/mol. The number of rotatable bonds is 4. The maximum Gasteiger partial charge on any atom is 0.280 e. The third-order valence-electron chi connectivity index (χ3n) is 4.40. The van der Waals surface area contributed by atoms with Crippen molar-refractivity contribution in [2.75, 3.05) is 0 Å². The zero-order valence-electron chi connectivity index (χ0n) is 15.2. The van der Waals surface area contributed by atoms with Gasteiger partial charge in [0.15, 0.2) is 0 Å². The molecule has 0 amide bonds. The van der Waals surface area contributed by atoms with Crippen LogP contribution >= 0.6 is 0 Å². The average Bonchev–Trinajstić information content (AvgIpc) is 3.02. The minimum atomic E-state index is -0.197. The monoisotopic (exact) mass is 370 g/mol. The summed E-state index contributed by atoms with van der Waals surface area (Å²) >= 11 is 0. The Balaban J connectivity index is 1.65. The lowest BCUT2D eigenvalue weighted by Gasteiger charge is -2.03. The third-order valence-corrected chi connectivity index (χ3v) is 4.40. The van der Waals surface area contributed by atoms with E-state index in [4.69, 9.17) is 0 Å². The van der Waals surface area contributed by atoms with Gasteiger partial charge < -0.3 is 5.11 Å². The van der Waals surface area contributed by atoms with E-state index in [2.05, 4.69) is 15.1 Å². The van der Waals surface area contributed by atoms with Gasteiger partial charge in [-0.15, -0.1) is 0 Å². The quantitative estimate of drug-likeness (QED) is 0.533. The molecule has 6 heteroatoms. The summed E-state index contributed by atoms with van der Waals surface area (Å²) in [4.78, 5) is 21.3. The van der Waals surface area contributed by atoms with Crippen LogP contribution in [0.4, 0.5) is 5.69 Å². The molecule has 4 rings (SSSR count). The Morgan fingerprint density at radius 2 is 1.86 bits per heavy atom. The van der Waals surface area contributed by atoms with Gasteiger partial charge in [-0.2, -0.15) is 0 Å². The molecule has 0 spiro atoms. The van der Waals surface area contributed by atoms with Gasteiger partial charge in [0.2, 0.25) is 0 Å². The third kappa shape index (κ3) is 3.35. The molecule has 2 aromatic heterocycles. The maximum absolute atomic E-state index is 12.7. The first-order valence-corrected chi connectivity index (χ1v) is 8.79. The molecule has 138 valence electrons. The molecule has 6 nitrogen and oxygen atoms in total. The number of benzene rings is 2. The number of aromatic amines is 1. The molecule has 0 saturated carbocycles. The van der Waals surface area contributed by atoms with Crippen LogP contribution in [0.3, 0.4) is 0 Å². The number of aliphatic imine (C=N–C) groups is 1. The number of aryl methyl sites for hydroxylation is 1. The summed E-state index contributed by atoms with van der Waals surface area (Å²) in [6.45, 7) is 1.81. The molecule has 2 heterocycles. The van der Waals surface area contributed by atoms with E-state index in [0.717, 1.165) is 16.9 Å². The molecule has 0 aliphatic rings. The average molecular weight is 370 g/mol. The normalized spacial score (nSPS) is 11.2. The van der Waals surface area contributed by atoms with Crippen LogP contribution in [0.25, 0.3) is 16.9 Å². The number of pyridine rings is 1. The number of aromatic hydroxyl groups is 1. The minimum Gasteiger partial charge on any atom is -0.506 e. The summed E-state index contributed by atoms with van der Waals surface area (Å²) in [5.74, 6) is 0.0241. The van der Waals surface area contributed by atoms with Gasteiger partial charge in [-0.3, -0.25) is 19.9 Å². The highest BCUT2D eigenvalue weighted by atomic mass is 16.3. The summed E-state index contributed by atoms with van der Waals surface area (Å²) in [6.07, 6.45) is 3.17. The zero-order valence-corrected chi connectivity index (χ0v) is 15.2. The first kappa shape index (κ1) is 17.5. The number of H-pyrrole nitrogens is 1. The Hall–Kier alpha value is -3.93. The van der Waals surface area contributed by atoms with E-state index in [9.17, 15) is 9.90 Å². The number of nitrogens with zero attached hydrogens (tertiary/aromatic N) is 3. The van der Waals surface area contributed by atoms with Gasteiger partial charge in [-0.05, 0) is 43.3 Å². The molecule has 4 aromatic rings. The van der Waals surface area contributed by atoms with Crippen LogP contribution in [0.2, 0.25) is 0 Å². The summed E-state index contributed by atoms with van der Waals surface area (Å²) in [6, 6.07) is 20.1. The van der Waals surface area contributed by atoms with Gasteiger partial charge in [-0.1, -0.05) is 30.3 Å². The topological polar surface area (TPSA) is 83.3 Å². The summed E-state index contributed by atoms with van der Waals surface area (Å²) in [5, 5.41) is 13.4. The van der Waals surface area contributed by atoms with Crippen molar-refractivity contribution in [1.29, 1.82) is 0 Å². The van der Waals surface area contributed by atoms with Crippen molar-refractivity contribution >= 4 is 11.9 Å². The van der Waals surface area contributed by atoms with Gasteiger partial charge in [0.05, 0.1) is 16.9 Å². The van der Waals surface area contributed by atoms with E-state index in [1.807, 2.05) is 61.5 Å². The van der Waals surface area contributed by atoms with Crippen LogP contribution in [0.5, 0.6) is 5.75 Å². The van der Waals surface area contributed by atoms with Crippen molar-refractivity contribution in [2.24, 2.45) is 4.99 Å². The number of para-hydroxylation sites is 1. The van der Waals surface area contributed by atoms with E-state index >= 15 is 0 Å². The van der Waals surface area contributed by atoms with Crippen molar-refractivity contribution in [2.45, 2.75) is 6.92 Å². The van der Waals surface area contributed by atoms with Gasteiger partial charge in [0.25, 0.3) is 5.56 Å². The highest BCUT2D eigenvalue weighted by molar-refractivity contribution is 5.84. The van der Waals surface area contributed by atoms with E-state index in [1.165, 1.54) is 10.9 Å². The second kappa shape index (κ2) is 7.36. The molecule has 0 atom stereocenters. The Morgan fingerprint density at radius 1 is 1.07 bits per heavy atom. The predicted octanol–water partition coefficient (Wildman–Crippen LogP) is 3.99. The van der Waals surface area contributed by atoms with Crippen LogP contribution in [0.15, 0.2) is 82.7 Å². The molecule has 0 radical (unpaired) electrons. The first-order valence-electron chi connectivity index (χ1n) is 8.79. The Labute approximate surface area is 161 Å². The molecule has 0 aliphatic carbocycles. The fourth-order valence-corrected chi connectivity index (χ4v) is 2.93. The number of hydrogen-bond acceptors (Lipinski definition) is 4. The second-order valence-corrected chi connectivity index (χ2v) is 6.30. The van der Waals surface area contributed by atoms with Gasteiger partial charge in [-0.25, -0.2) is 4.68 Å². The van der Waals surface area contributed by atoms with Crippen molar-refractivity contribution < 1.29 is 5.11 Å². The smallest absolute Gasteiger partial charge is 0.280 e. The Bertz CT molecular complexity index is 1190. The molecule has 0 bridgehead atoms.